The van der Waals surface area contributed by atoms with E-state index in [1.807, 2.05) is 0 Å². The second-order valence-corrected chi connectivity index (χ2v) is 6.50. The number of hydrogen-bond donors (Lipinski definition) is 3. The Morgan fingerprint density at radius 3 is 2.36 bits per heavy atom. The number of aliphatic carboxylic acids is 1. The first kappa shape index (κ1) is 18.6. The average molecular weight is 312 g/mol. The summed E-state index contributed by atoms with van der Waals surface area (Å²) < 4.78 is 0. The molecule has 22 heavy (non-hydrogen) atoms. The Morgan fingerprint density at radius 2 is 1.82 bits per heavy atom. The lowest BCUT2D eigenvalue weighted by molar-refractivity contribution is -0.142. The summed E-state index contributed by atoms with van der Waals surface area (Å²) in [7, 11) is 0. The molecule has 0 aromatic heterocycles. The van der Waals surface area contributed by atoms with Gasteiger partial charge in [0.2, 0.25) is 5.91 Å². The first-order valence-electron chi connectivity index (χ1n) is 8.09. The number of hydrogen-bond acceptors (Lipinski definition) is 4. The van der Waals surface area contributed by atoms with Gasteiger partial charge in [-0.15, -0.1) is 0 Å². The molecule has 0 saturated heterocycles. The Morgan fingerprint density at radius 1 is 1.14 bits per heavy atom. The summed E-state index contributed by atoms with van der Waals surface area (Å²) in [5.41, 5.74) is 0.350. The van der Waals surface area contributed by atoms with Gasteiger partial charge in [0.05, 0.1) is 0 Å². The molecule has 6 heteroatoms. The minimum absolute atomic E-state index is 0.0719. The molecular weight excluding hydrogens is 284 g/mol. The number of unbranched alkanes of at least 4 members (excludes halogenated alkanes) is 2. The average Bonchev–Trinajstić information content (AvgIpc) is 3.16. The van der Waals surface area contributed by atoms with Crippen molar-refractivity contribution >= 4 is 17.7 Å². The molecule has 0 heterocycles. The molecule has 1 aliphatic carbocycles. The summed E-state index contributed by atoms with van der Waals surface area (Å²) in [6, 6.07) is -0.965. The van der Waals surface area contributed by atoms with Crippen LogP contribution in [0.2, 0.25) is 0 Å². The van der Waals surface area contributed by atoms with Crippen molar-refractivity contribution < 1.29 is 19.5 Å². The van der Waals surface area contributed by atoms with Gasteiger partial charge in [-0.3, -0.25) is 4.79 Å². The van der Waals surface area contributed by atoms with Crippen LogP contribution in [0.25, 0.3) is 0 Å². The molecule has 0 radical (unpaired) electrons. The van der Waals surface area contributed by atoms with E-state index >= 15 is 0 Å². The van der Waals surface area contributed by atoms with Crippen molar-refractivity contribution in [2.24, 2.45) is 0 Å². The summed E-state index contributed by atoms with van der Waals surface area (Å²) in [4.78, 5) is 33.7. The van der Waals surface area contributed by atoms with Crippen molar-refractivity contribution in [3.8, 4) is 0 Å². The van der Waals surface area contributed by atoms with Crippen molar-refractivity contribution in [2.75, 3.05) is 6.54 Å². The summed E-state index contributed by atoms with van der Waals surface area (Å²) in [5, 5.41) is 15.0. The maximum Gasteiger partial charge on any atom is 0.326 e. The fourth-order valence-corrected chi connectivity index (χ4v) is 2.21. The Labute approximate surface area is 132 Å². The number of carbonyl (C=O) groups is 3. The molecule has 1 fully saturated rings. The molecule has 1 amide bonds. The van der Waals surface area contributed by atoms with Crippen molar-refractivity contribution in [1.82, 2.24) is 10.6 Å². The van der Waals surface area contributed by atoms with E-state index in [-0.39, 0.29) is 24.5 Å². The van der Waals surface area contributed by atoms with Crippen molar-refractivity contribution in [3.63, 3.8) is 0 Å². The highest BCUT2D eigenvalue weighted by Gasteiger charge is 2.35. The molecule has 1 aliphatic rings. The normalized spacial score (nSPS) is 16.8. The fourth-order valence-electron chi connectivity index (χ4n) is 2.21. The Balaban J connectivity index is 2.09. The molecular formula is C16H28N2O4. The van der Waals surface area contributed by atoms with Gasteiger partial charge in [0.1, 0.15) is 11.8 Å². The SMILES string of the molecule is CC(=O)CCC(NC(=O)CCCCCNC1(C)CC1)C(=O)O. The molecule has 1 atom stereocenters. The van der Waals surface area contributed by atoms with Crippen molar-refractivity contribution in [3.05, 3.63) is 0 Å². The number of carboxylic acids is 1. The lowest BCUT2D eigenvalue weighted by Gasteiger charge is -2.14. The van der Waals surface area contributed by atoms with Gasteiger partial charge in [0.15, 0.2) is 0 Å². The highest BCUT2D eigenvalue weighted by molar-refractivity contribution is 5.84. The Hall–Kier alpha value is -1.43. The first-order chi connectivity index (χ1) is 10.3. The summed E-state index contributed by atoms with van der Waals surface area (Å²) in [6.45, 7) is 4.60. The monoisotopic (exact) mass is 312 g/mol. The van der Waals surface area contributed by atoms with Crippen molar-refractivity contribution in [1.29, 1.82) is 0 Å². The van der Waals surface area contributed by atoms with E-state index in [0.717, 1.165) is 25.8 Å². The number of carboxylic acid groups (broad SMARTS) is 1. The lowest BCUT2D eigenvalue weighted by atomic mass is 10.1. The van der Waals surface area contributed by atoms with Crippen LogP contribution in [-0.2, 0) is 14.4 Å². The second-order valence-electron chi connectivity index (χ2n) is 6.50. The zero-order valence-electron chi connectivity index (χ0n) is 13.6. The Bertz CT molecular complexity index is 405. The van der Waals surface area contributed by atoms with Crippen LogP contribution < -0.4 is 10.6 Å². The van der Waals surface area contributed by atoms with Crippen LogP contribution in [0, 0.1) is 0 Å². The van der Waals surface area contributed by atoms with Crippen molar-refractivity contribution in [2.45, 2.75) is 76.8 Å². The van der Waals surface area contributed by atoms with E-state index in [9.17, 15) is 14.4 Å². The lowest BCUT2D eigenvalue weighted by Crippen LogP contribution is -2.40. The molecule has 3 N–H and O–H groups in total. The predicted molar refractivity (Wildman–Crippen MR) is 83.6 cm³/mol. The van der Waals surface area contributed by atoms with E-state index in [1.165, 1.54) is 19.8 Å². The van der Waals surface area contributed by atoms with E-state index in [2.05, 4.69) is 17.6 Å². The van der Waals surface area contributed by atoms with Crippen LogP contribution in [0.5, 0.6) is 0 Å². The highest BCUT2D eigenvalue weighted by atomic mass is 16.4. The molecule has 0 spiro atoms. The van der Waals surface area contributed by atoms with Gasteiger partial charge in [-0.25, -0.2) is 4.79 Å². The van der Waals surface area contributed by atoms with Gasteiger partial charge < -0.3 is 20.5 Å². The number of ketones is 1. The molecule has 126 valence electrons. The smallest absolute Gasteiger partial charge is 0.326 e. The topological polar surface area (TPSA) is 95.5 Å². The van der Waals surface area contributed by atoms with Gasteiger partial charge in [-0.1, -0.05) is 6.42 Å². The second kappa shape index (κ2) is 8.88. The van der Waals surface area contributed by atoms with Crippen LogP contribution in [0.1, 0.15) is 65.2 Å². The zero-order valence-corrected chi connectivity index (χ0v) is 13.6. The maximum absolute atomic E-state index is 11.7. The minimum Gasteiger partial charge on any atom is -0.480 e. The summed E-state index contributed by atoms with van der Waals surface area (Å²) in [6.07, 6.45) is 5.86. The Kier molecular flexibility index (Phi) is 7.51. The predicted octanol–water partition coefficient (Wildman–Crippen LogP) is 1.63. The van der Waals surface area contributed by atoms with Crippen LogP contribution in [-0.4, -0.2) is 40.9 Å². The summed E-state index contributed by atoms with van der Waals surface area (Å²) in [5.74, 6) is -1.41. The van der Waals surface area contributed by atoms with Crippen LogP contribution >= 0.6 is 0 Å². The molecule has 6 nitrogen and oxygen atoms in total. The third-order valence-electron chi connectivity index (χ3n) is 4.05. The van der Waals surface area contributed by atoms with E-state index < -0.39 is 12.0 Å². The summed E-state index contributed by atoms with van der Waals surface area (Å²) >= 11 is 0. The van der Waals surface area contributed by atoms with E-state index in [4.69, 9.17) is 5.11 Å². The molecule has 0 aliphatic heterocycles. The third kappa shape index (κ3) is 8.12. The standard InChI is InChI=1S/C16H28N2O4/c1-12(19)7-8-13(15(21)22)18-14(20)6-4-3-5-11-17-16(2)9-10-16/h13,17H,3-11H2,1-2H3,(H,18,20)(H,21,22). The number of rotatable bonds is 12. The van der Waals surface area contributed by atoms with Crippen LogP contribution in [0.3, 0.4) is 0 Å². The number of Topliss-reactive ketones (excluding diaryl/α,β-unsaturated/α-hetero) is 1. The molecule has 1 saturated carbocycles. The van der Waals surface area contributed by atoms with Gasteiger partial charge in [-0.2, -0.15) is 0 Å². The molecule has 0 aromatic carbocycles. The quantitative estimate of drug-likeness (QED) is 0.476. The minimum atomic E-state index is -1.09. The van der Waals surface area contributed by atoms with E-state index in [0.29, 0.717) is 12.0 Å². The number of nitrogens with one attached hydrogen (secondary N) is 2. The maximum atomic E-state index is 11.7. The molecule has 1 rings (SSSR count). The zero-order chi connectivity index (χ0) is 16.6. The van der Waals surface area contributed by atoms with Gasteiger partial charge in [-0.05, 0) is 52.5 Å². The van der Waals surface area contributed by atoms with Crippen LogP contribution in [0.4, 0.5) is 0 Å². The van der Waals surface area contributed by atoms with Crippen LogP contribution in [0.15, 0.2) is 0 Å². The molecule has 1 unspecified atom stereocenters. The van der Waals surface area contributed by atoms with Gasteiger partial charge in [0, 0.05) is 18.4 Å². The van der Waals surface area contributed by atoms with Gasteiger partial charge >= 0.3 is 5.97 Å². The van der Waals surface area contributed by atoms with E-state index in [1.54, 1.807) is 0 Å². The van der Waals surface area contributed by atoms with Gasteiger partial charge in [0.25, 0.3) is 0 Å². The largest absolute Gasteiger partial charge is 0.480 e. The number of amides is 1. The molecule has 0 aromatic rings. The first-order valence-corrected chi connectivity index (χ1v) is 8.09. The fraction of sp³-hybridized carbons (Fsp3) is 0.812. The number of carbonyl (C=O) groups excluding carboxylic acids is 2. The molecule has 0 bridgehead atoms. The highest BCUT2D eigenvalue weighted by Crippen LogP contribution is 2.34. The third-order valence-corrected chi connectivity index (χ3v) is 4.05.